The lowest BCUT2D eigenvalue weighted by atomic mass is 10.2. The number of rotatable bonds is 1. The SMILES string of the molecule is O=C(c1ccc(Br)cc1Br)N1CCCNCC1. The first-order chi connectivity index (χ1) is 8.18. The normalized spacial score (nSPS) is 16.7. The minimum absolute atomic E-state index is 0.105. The molecule has 1 heterocycles. The molecule has 3 nitrogen and oxygen atoms in total. The van der Waals surface area contributed by atoms with Crippen molar-refractivity contribution >= 4 is 37.8 Å². The van der Waals surface area contributed by atoms with E-state index in [-0.39, 0.29) is 5.91 Å². The Morgan fingerprint density at radius 3 is 2.82 bits per heavy atom. The summed E-state index contributed by atoms with van der Waals surface area (Å²) in [4.78, 5) is 14.2. The summed E-state index contributed by atoms with van der Waals surface area (Å²) in [6, 6.07) is 5.66. The van der Waals surface area contributed by atoms with Gasteiger partial charge in [0.1, 0.15) is 0 Å². The van der Waals surface area contributed by atoms with E-state index >= 15 is 0 Å². The quantitative estimate of drug-likeness (QED) is 0.833. The van der Waals surface area contributed by atoms with E-state index in [1.54, 1.807) is 0 Å². The molecule has 1 N–H and O–H groups in total. The van der Waals surface area contributed by atoms with Gasteiger partial charge in [0.15, 0.2) is 0 Å². The van der Waals surface area contributed by atoms with Crippen LogP contribution in [-0.4, -0.2) is 37.0 Å². The van der Waals surface area contributed by atoms with Crippen molar-refractivity contribution < 1.29 is 4.79 Å². The minimum Gasteiger partial charge on any atom is -0.337 e. The first-order valence-corrected chi connectivity index (χ1v) is 7.22. The topological polar surface area (TPSA) is 32.3 Å². The average Bonchev–Trinajstić information content (AvgIpc) is 2.56. The van der Waals surface area contributed by atoms with Crippen molar-refractivity contribution in [2.45, 2.75) is 6.42 Å². The van der Waals surface area contributed by atoms with E-state index in [0.29, 0.717) is 0 Å². The second-order valence-electron chi connectivity index (χ2n) is 4.02. The van der Waals surface area contributed by atoms with E-state index in [0.717, 1.165) is 47.1 Å². The zero-order valence-electron chi connectivity index (χ0n) is 9.38. The standard InChI is InChI=1S/C12H14Br2N2O/c13-9-2-3-10(11(14)8-9)12(17)16-6-1-4-15-5-7-16/h2-3,8,15H,1,4-7H2. The number of amides is 1. The Labute approximate surface area is 118 Å². The molecule has 92 valence electrons. The summed E-state index contributed by atoms with van der Waals surface area (Å²) in [5.41, 5.74) is 0.732. The van der Waals surface area contributed by atoms with Crippen LogP contribution in [0.3, 0.4) is 0 Å². The molecule has 0 saturated carbocycles. The number of nitrogens with one attached hydrogen (secondary N) is 1. The van der Waals surface area contributed by atoms with Crippen LogP contribution in [0.1, 0.15) is 16.8 Å². The van der Waals surface area contributed by atoms with Crippen LogP contribution in [0, 0.1) is 0 Å². The first kappa shape index (κ1) is 13.1. The highest BCUT2D eigenvalue weighted by molar-refractivity contribution is 9.11. The maximum absolute atomic E-state index is 12.3. The van der Waals surface area contributed by atoms with Gasteiger partial charge in [-0.05, 0) is 47.1 Å². The summed E-state index contributed by atoms with van der Waals surface area (Å²) in [6.07, 6.45) is 1.01. The Kier molecular flexibility index (Phi) is 4.59. The third-order valence-corrected chi connectivity index (χ3v) is 3.94. The number of halogens is 2. The lowest BCUT2D eigenvalue weighted by Crippen LogP contribution is -2.34. The summed E-state index contributed by atoms with van der Waals surface area (Å²) >= 11 is 6.83. The largest absolute Gasteiger partial charge is 0.337 e. The predicted octanol–water partition coefficient (Wildman–Crippen LogP) is 2.65. The van der Waals surface area contributed by atoms with Crippen molar-refractivity contribution in [1.82, 2.24) is 10.2 Å². The molecule has 0 radical (unpaired) electrons. The highest BCUT2D eigenvalue weighted by Crippen LogP contribution is 2.23. The zero-order valence-corrected chi connectivity index (χ0v) is 12.6. The fraction of sp³-hybridized carbons (Fsp3) is 0.417. The van der Waals surface area contributed by atoms with Crippen molar-refractivity contribution in [3.05, 3.63) is 32.7 Å². The first-order valence-electron chi connectivity index (χ1n) is 5.63. The zero-order chi connectivity index (χ0) is 12.3. The van der Waals surface area contributed by atoms with Gasteiger partial charge in [-0.3, -0.25) is 4.79 Å². The smallest absolute Gasteiger partial charge is 0.255 e. The van der Waals surface area contributed by atoms with E-state index in [1.807, 2.05) is 23.1 Å². The van der Waals surface area contributed by atoms with Crippen LogP contribution < -0.4 is 5.32 Å². The third kappa shape index (κ3) is 3.30. The molecular weight excluding hydrogens is 348 g/mol. The van der Waals surface area contributed by atoms with Gasteiger partial charge >= 0.3 is 0 Å². The summed E-state index contributed by atoms with van der Waals surface area (Å²) < 4.78 is 1.81. The van der Waals surface area contributed by atoms with E-state index in [9.17, 15) is 4.79 Å². The average molecular weight is 362 g/mol. The van der Waals surface area contributed by atoms with Crippen LogP contribution in [-0.2, 0) is 0 Å². The Hall–Kier alpha value is -0.390. The van der Waals surface area contributed by atoms with E-state index in [4.69, 9.17) is 0 Å². The number of carbonyl (C=O) groups excluding carboxylic acids is 1. The molecule has 2 rings (SSSR count). The molecule has 1 amide bonds. The lowest BCUT2D eigenvalue weighted by Gasteiger charge is -2.20. The molecule has 0 aliphatic carbocycles. The van der Waals surface area contributed by atoms with E-state index in [1.165, 1.54) is 0 Å². The summed E-state index contributed by atoms with van der Waals surface area (Å²) in [7, 11) is 0. The molecule has 0 bridgehead atoms. The number of hydrogen-bond acceptors (Lipinski definition) is 2. The van der Waals surface area contributed by atoms with E-state index in [2.05, 4.69) is 37.2 Å². The summed E-state index contributed by atoms with van der Waals surface area (Å²) in [5, 5.41) is 3.29. The molecule has 0 aromatic heterocycles. The molecule has 1 aromatic carbocycles. The van der Waals surface area contributed by atoms with Gasteiger partial charge in [0.25, 0.3) is 5.91 Å². The number of carbonyl (C=O) groups is 1. The maximum atomic E-state index is 12.3. The monoisotopic (exact) mass is 360 g/mol. The van der Waals surface area contributed by atoms with Crippen LogP contribution in [0.4, 0.5) is 0 Å². The molecule has 1 aliphatic heterocycles. The molecular formula is C12H14Br2N2O. The maximum Gasteiger partial charge on any atom is 0.255 e. The Balaban J connectivity index is 2.17. The predicted molar refractivity (Wildman–Crippen MR) is 75.2 cm³/mol. The Morgan fingerprint density at radius 2 is 2.06 bits per heavy atom. The highest BCUT2D eigenvalue weighted by Gasteiger charge is 2.19. The van der Waals surface area contributed by atoms with Crippen LogP contribution in [0.15, 0.2) is 27.1 Å². The van der Waals surface area contributed by atoms with Crippen LogP contribution in [0.25, 0.3) is 0 Å². The van der Waals surface area contributed by atoms with Gasteiger partial charge in [-0.25, -0.2) is 0 Å². The van der Waals surface area contributed by atoms with Gasteiger partial charge in [-0.15, -0.1) is 0 Å². The molecule has 1 saturated heterocycles. The van der Waals surface area contributed by atoms with E-state index < -0.39 is 0 Å². The number of hydrogen-bond donors (Lipinski definition) is 1. The minimum atomic E-state index is 0.105. The molecule has 17 heavy (non-hydrogen) atoms. The van der Waals surface area contributed by atoms with Crippen LogP contribution in [0.2, 0.25) is 0 Å². The third-order valence-electron chi connectivity index (χ3n) is 2.79. The second-order valence-corrected chi connectivity index (χ2v) is 5.79. The Morgan fingerprint density at radius 1 is 1.24 bits per heavy atom. The molecule has 1 aromatic rings. The molecule has 1 fully saturated rings. The summed E-state index contributed by atoms with van der Waals surface area (Å²) in [6.45, 7) is 3.47. The van der Waals surface area contributed by atoms with Crippen molar-refractivity contribution in [2.75, 3.05) is 26.2 Å². The molecule has 0 atom stereocenters. The van der Waals surface area contributed by atoms with Crippen molar-refractivity contribution in [3.63, 3.8) is 0 Å². The van der Waals surface area contributed by atoms with Crippen LogP contribution >= 0.6 is 31.9 Å². The van der Waals surface area contributed by atoms with Crippen LogP contribution in [0.5, 0.6) is 0 Å². The van der Waals surface area contributed by atoms with Crippen molar-refractivity contribution in [1.29, 1.82) is 0 Å². The molecule has 0 spiro atoms. The Bertz CT molecular complexity index is 415. The molecule has 0 unspecified atom stereocenters. The fourth-order valence-corrected chi connectivity index (χ4v) is 3.10. The number of benzene rings is 1. The second kappa shape index (κ2) is 5.98. The number of nitrogens with zero attached hydrogens (tertiary/aromatic N) is 1. The van der Waals surface area contributed by atoms with Gasteiger partial charge in [-0.1, -0.05) is 15.9 Å². The van der Waals surface area contributed by atoms with Crippen molar-refractivity contribution in [2.24, 2.45) is 0 Å². The summed E-state index contributed by atoms with van der Waals surface area (Å²) in [5.74, 6) is 0.105. The van der Waals surface area contributed by atoms with Gasteiger partial charge in [0.2, 0.25) is 0 Å². The lowest BCUT2D eigenvalue weighted by molar-refractivity contribution is 0.0765. The fourth-order valence-electron chi connectivity index (χ4n) is 1.88. The molecule has 1 aliphatic rings. The van der Waals surface area contributed by atoms with Crippen molar-refractivity contribution in [3.8, 4) is 0 Å². The van der Waals surface area contributed by atoms with Gasteiger partial charge < -0.3 is 10.2 Å². The van der Waals surface area contributed by atoms with Gasteiger partial charge in [-0.2, -0.15) is 0 Å². The molecule has 5 heteroatoms. The van der Waals surface area contributed by atoms with Gasteiger partial charge in [0.05, 0.1) is 5.56 Å². The van der Waals surface area contributed by atoms with Gasteiger partial charge in [0, 0.05) is 28.6 Å². The highest BCUT2D eigenvalue weighted by atomic mass is 79.9.